The number of ether oxygens (including phenoxy) is 2. The van der Waals surface area contributed by atoms with E-state index in [9.17, 15) is 10.5 Å². The Balaban J connectivity index is 0.000000172. The molecule has 0 spiro atoms. The summed E-state index contributed by atoms with van der Waals surface area (Å²) in [7, 11) is 2.17. The average molecular weight is 1020 g/mol. The molecule has 2 unspecified atom stereocenters. The molecule has 0 radical (unpaired) electrons. The largest absolute Gasteiger partial charge is 0.459 e. The van der Waals surface area contributed by atoms with Gasteiger partial charge in [0.2, 0.25) is 0 Å². The van der Waals surface area contributed by atoms with Crippen LogP contribution < -0.4 is 9.47 Å². The van der Waals surface area contributed by atoms with E-state index in [1.54, 1.807) is 24.5 Å². The molecule has 2 atom stereocenters. The number of benzene rings is 5. The van der Waals surface area contributed by atoms with Crippen LogP contribution in [0.1, 0.15) is 61.1 Å². The van der Waals surface area contributed by atoms with Gasteiger partial charge in [-0.1, -0.05) is 103 Å². The Kier molecular flexibility index (Phi) is 16.5. The van der Waals surface area contributed by atoms with E-state index >= 15 is 0 Å². The fourth-order valence-electron chi connectivity index (χ4n) is 8.94. The second-order valence-electron chi connectivity index (χ2n) is 18.5. The molecule has 2 fully saturated rings. The smallest absolute Gasteiger partial charge is 0.316 e. The first-order valence-corrected chi connectivity index (χ1v) is 26.5. The first-order valence-electron chi connectivity index (χ1n) is 24.9. The van der Waals surface area contributed by atoms with E-state index in [0.29, 0.717) is 24.6 Å². The molecule has 6 heterocycles. The Bertz CT molecular complexity index is 3260. The molecule has 4 aromatic heterocycles. The molecule has 74 heavy (non-hydrogen) atoms. The summed E-state index contributed by atoms with van der Waals surface area (Å²) >= 11 is 3.03. The topological polar surface area (TPSA) is 156 Å². The summed E-state index contributed by atoms with van der Waals surface area (Å²) in [4.78, 5) is 36.7. The molecule has 0 N–H and O–H groups in total. The lowest BCUT2D eigenvalue weighted by Crippen LogP contribution is -2.45. The van der Waals surface area contributed by atoms with E-state index in [0.717, 1.165) is 114 Å². The number of rotatable bonds is 16. The standard InChI is InChI=1S/C32H30N6OS.C26H26N6OS/c33-20-27(31-35-29-8-4-5-9-30(29)40-31)28-14-15-34-32(36-28)39-23-26-12-10-25(11-13-26)22-38-18-16-37(17-19-38)21-24-6-2-1-3-7-24;1-31-12-14-32(15-13-31)17-19-6-8-20(9-7-19)18-33-26-28-11-10-22(30-26)21(16-27)25-29-23-4-2-3-5-24(23)34-25/h1-15,27H,16-19,21-23H2;2-11,21H,12-15,17-18H2,1H3. The first kappa shape index (κ1) is 50.0. The van der Waals surface area contributed by atoms with Crippen LogP contribution in [0.2, 0.25) is 0 Å². The first-order chi connectivity index (χ1) is 36.4. The van der Waals surface area contributed by atoms with Crippen molar-refractivity contribution < 1.29 is 9.47 Å². The molecule has 14 nitrogen and oxygen atoms in total. The summed E-state index contributed by atoms with van der Waals surface area (Å²) in [5.74, 6) is -1.13. The van der Waals surface area contributed by atoms with Gasteiger partial charge in [-0.2, -0.15) is 20.5 Å². The Morgan fingerprint density at radius 1 is 0.459 bits per heavy atom. The quantitative estimate of drug-likeness (QED) is 0.0901. The molecule has 0 bridgehead atoms. The van der Waals surface area contributed by atoms with Crippen molar-refractivity contribution in [2.24, 2.45) is 0 Å². The van der Waals surface area contributed by atoms with Crippen molar-refractivity contribution in [2.45, 2.75) is 44.7 Å². The normalized spacial score (nSPS) is 15.4. The van der Waals surface area contributed by atoms with Gasteiger partial charge in [0.1, 0.15) is 35.1 Å². The fraction of sp³-hybridized carbons (Fsp3) is 0.276. The predicted octanol–water partition coefficient (Wildman–Crippen LogP) is 9.71. The van der Waals surface area contributed by atoms with Crippen molar-refractivity contribution in [1.29, 1.82) is 10.5 Å². The monoisotopic (exact) mass is 1020 g/mol. The maximum Gasteiger partial charge on any atom is 0.316 e. The highest BCUT2D eigenvalue weighted by Gasteiger charge is 2.23. The molecule has 2 aliphatic heterocycles. The van der Waals surface area contributed by atoms with E-state index in [1.165, 1.54) is 39.4 Å². The summed E-state index contributed by atoms with van der Waals surface area (Å²) in [5, 5.41) is 21.2. The molecule has 2 aliphatic rings. The summed E-state index contributed by atoms with van der Waals surface area (Å²) in [6.07, 6.45) is 3.27. The molecule has 2 saturated heterocycles. The summed E-state index contributed by atoms with van der Waals surface area (Å²) < 4.78 is 13.9. The number of hydrogen-bond donors (Lipinski definition) is 0. The molecule has 9 aromatic rings. The number of nitriles is 2. The Hall–Kier alpha value is -7.54. The Morgan fingerprint density at radius 3 is 1.26 bits per heavy atom. The molecular formula is C58H56N12O2S2. The van der Waals surface area contributed by atoms with Crippen molar-refractivity contribution in [2.75, 3.05) is 59.4 Å². The van der Waals surface area contributed by atoms with Crippen LogP contribution in [-0.4, -0.2) is 109 Å². The van der Waals surface area contributed by atoms with Gasteiger partial charge in [-0.15, -0.1) is 22.7 Å². The van der Waals surface area contributed by atoms with Gasteiger partial charge in [0, 0.05) is 84.4 Å². The number of fused-ring (bicyclic) bond motifs is 2. The highest BCUT2D eigenvalue weighted by Crippen LogP contribution is 2.33. The number of likely N-dealkylation sites (N-methyl/N-ethyl adjacent to an activating group) is 1. The molecule has 0 aliphatic carbocycles. The van der Waals surface area contributed by atoms with Gasteiger partial charge in [0.25, 0.3) is 0 Å². The molecule has 11 rings (SSSR count). The zero-order chi connectivity index (χ0) is 50.5. The maximum absolute atomic E-state index is 9.88. The van der Waals surface area contributed by atoms with Crippen LogP contribution >= 0.6 is 22.7 Å². The van der Waals surface area contributed by atoms with E-state index < -0.39 is 11.8 Å². The number of thiazole rings is 2. The van der Waals surface area contributed by atoms with Gasteiger partial charge in [0.05, 0.1) is 44.0 Å². The minimum Gasteiger partial charge on any atom is -0.459 e. The number of para-hydroxylation sites is 2. The van der Waals surface area contributed by atoms with Gasteiger partial charge >= 0.3 is 12.0 Å². The van der Waals surface area contributed by atoms with Gasteiger partial charge < -0.3 is 14.4 Å². The highest BCUT2D eigenvalue weighted by atomic mass is 32.1. The van der Waals surface area contributed by atoms with Crippen molar-refractivity contribution in [1.82, 2.24) is 49.5 Å². The van der Waals surface area contributed by atoms with Gasteiger partial charge in [0.15, 0.2) is 0 Å². The van der Waals surface area contributed by atoms with E-state index in [-0.39, 0.29) is 12.0 Å². The Morgan fingerprint density at radius 2 is 0.838 bits per heavy atom. The van der Waals surface area contributed by atoms with E-state index in [2.05, 4.69) is 148 Å². The summed E-state index contributed by atoms with van der Waals surface area (Å²) in [6.45, 7) is 12.5. The van der Waals surface area contributed by atoms with Crippen LogP contribution in [0.5, 0.6) is 12.0 Å². The molecule has 0 amide bonds. The third kappa shape index (κ3) is 13.2. The SMILES string of the molecule is CN1CCN(Cc2ccc(COc3nccc(C(C#N)c4nc5ccccc5s4)n3)cc2)CC1.N#CC(c1ccnc(OCc2ccc(CN3CCN(Cc4ccccc4)CC3)cc2)n1)c1nc2ccccc2s1. The van der Waals surface area contributed by atoms with Crippen LogP contribution in [0.25, 0.3) is 20.4 Å². The second-order valence-corrected chi connectivity index (χ2v) is 20.6. The van der Waals surface area contributed by atoms with Crippen molar-refractivity contribution >= 4 is 43.1 Å². The van der Waals surface area contributed by atoms with Crippen molar-refractivity contribution in [3.05, 3.63) is 201 Å². The second kappa shape index (κ2) is 24.5. The van der Waals surface area contributed by atoms with E-state index in [1.807, 2.05) is 48.5 Å². The van der Waals surface area contributed by atoms with Crippen LogP contribution in [0.3, 0.4) is 0 Å². The predicted molar refractivity (Wildman–Crippen MR) is 290 cm³/mol. The van der Waals surface area contributed by atoms with Gasteiger partial charge in [-0.25, -0.2) is 19.9 Å². The lowest BCUT2D eigenvalue weighted by atomic mass is 10.1. The summed E-state index contributed by atoms with van der Waals surface area (Å²) in [5.41, 5.74) is 9.05. The molecule has 0 saturated carbocycles. The zero-order valence-electron chi connectivity index (χ0n) is 41.3. The van der Waals surface area contributed by atoms with Crippen LogP contribution in [-0.2, 0) is 32.8 Å². The molecule has 372 valence electrons. The van der Waals surface area contributed by atoms with Crippen LogP contribution in [0.4, 0.5) is 0 Å². The third-order valence-electron chi connectivity index (χ3n) is 13.2. The minimum atomic E-state index is -0.567. The number of hydrogen-bond acceptors (Lipinski definition) is 16. The highest BCUT2D eigenvalue weighted by molar-refractivity contribution is 7.19. The van der Waals surface area contributed by atoms with Gasteiger partial charge in [-0.3, -0.25) is 14.7 Å². The average Bonchev–Trinajstić information content (AvgIpc) is 4.08. The molecule has 16 heteroatoms. The number of aromatic nitrogens is 6. The molecule has 5 aromatic carbocycles. The van der Waals surface area contributed by atoms with E-state index in [4.69, 9.17) is 9.47 Å². The minimum absolute atomic E-state index is 0.260. The van der Waals surface area contributed by atoms with Gasteiger partial charge in [-0.05, 0) is 71.3 Å². The van der Waals surface area contributed by atoms with Crippen LogP contribution in [0, 0.1) is 22.7 Å². The lowest BCUT2D eigenvalue weighted by molar-refractivity contribution is 0.122. The summed E-state index contributed by atoms with van der Waals surface area (Å²) in [6, 6.07) is 52.2. The zero-order valence-corrected chi connectivity index (χ0v) is 42.9. The van der Waals surface area contributed by atoms with Crippen molar-refractivity contribution in [3.63, 3.8) is 0 Å². The Labute approximate surface area is 439 Å². The third-order valence-corrected chi connectivity index (χ3v) is 15.4. The number of nitrogens with zero attached hydrogens (tertiary/aromatic N) is 12. The lowest BCUT2D eigenvalue weighted by Gasteiger charge is -2.34. The number of piperazine rings is 2. The van der Waals surface area contributed by atoms with Crippen molar-refractivity contribution in [3.8, 4) is 24.2 Å². The maximum atomic E-state index is 9.88. The molecular weight excluding hydrogens is 961 g/mol. The fourth-order valence-corrected chi connectivity index (χ4v) is 11.0. The van der Waals surface area contributed by atoms with Crippen LogP contribution in [0.15, 0.2) is 152 Å².